The molecule has 2 aliphatic carbocycles. The van der Waals surface area contributed by atoms with Crippen LogP contribution in [0.2, 0.25) is 0 Å². The van der Waals surface area contributed by atoms with E-state index in [9.17, 15) is 14.7 Å². The molecular weight excluding hydrogens is 218 g/mol. The third-order valence-corrected chi connectivity index (χ3v) is 4.20. The summed E-state index contributed by atoms with van der Waals surface area (Å²) < 4.78 is 0. The van der Waals surface area contributed by atoms with Crippen molar-refractivity contribution in [3.8, 4) is 0 Å². The van der Waals surface area contributed by atoms with Gasteiger partial charge in [-0.25, -0.2) is 4.79 Å². The number of carbonyl (C=O) groups excluding carboxylic acids is 1. The Morgan fingerprint density at radius 3 is 2.12 bits per heavy atom. The number of rotatable bonds is 3. The van der Waals surface area contributed by atoms with Crippen LogP contribution in [0, 0.1) is 5.92 Å². The maximum Gasteiger partial charge on any atom is 0.329 e. The van der Waals surface area contributed by atoms with E-state index in [-0.39, 0.29) is 11.8 Å². The first-order valence-electron chi connectivity index (χ1n) is 6.69. The fraction of sp³-hybridized carbons (Fsp3) is 0.846. The molecule has 0 spiro atoms. The molecule has 4 nitrogen and oxygen atoms in total. The highest BCUT2D eigenvalue weighted by Crippen LogP contribution is 2.31. The first-order valence-corrected chi connectivity index (χ1v) is 6.69. The Labute approximate surface area is 102 Å². The molecule has 17 heavy (non-hydrogen) atoms. The zero-order chi connectivity index (χ0) is 12.3. The summed E-state index contributed by atoms with van der Waals surface area (Å²) in [5.41, 5.74) is -0.964. The highest BCUT2D eigenvalue weighted by Gasteiger charge is 2.43. The van der Waals surface area contributed by atoms with Crippen LogP contribution >= 0.6 is 0 Å². The van der Waals surface area contributed by atoms with Gasteiger partial charge in [-0.15, -0.1) is 0 Å². The van der Waals surface area contributed by atoms with Gasteiger partial charge in [0, 0.05) is 5.92 Å². The zero-order valence-electron chi connectivity index (χ0n) is 10.2. The molecule has 0 bridgehead atoms. The molecule has 0 aromatic heterocycles. The average Bonchev–Trinajstić information content (AvgIpc) is 2.80. The number of aliphatic carboxylic acids is 1. The maximum absolute atomic E-state index is 12.1. The van der Waals surface area contributed by atoms with Gasteiger partial charge in [0.2, 0.25) is 5.91 Å². The van der Waals surface area contributed by atoms with E-state index in [1.165, 1.54) is 6.42 Å². The minimum atomic E-state index is -0.964. The molecule has 2 saturated carbocycles. The van der Waals surface area contributed by atoms with Crippen molar-refractivity contribution in [3.05, 3.63) is 0 Å². The molecular formula is C13H21NO3. The summed E-state index contributed by atoms with van der Waals surface area (Å²) in [4.78, 5) is 23.4. The van der Waals surface area contributed by atoms with Crippen molar-refractivity contribution in [2.45, 2.75) is 63.3 Å². The van der Waals surface area contributed by atoms with E-state index < -0.39 is 11.5 Å². The van der Waals surface area contributed by atoms with Crippen molar-refractivity contribution in [1.82, 2.24) is 5.32 Å². The number of carboxylic acid groups (broad SMARTS) is 1. The predicted molar refractivity (Wildman–Crippen MR) is 63.6 cm³/mol. The fourth-order valence-electron chi connectivity index (χ4n) is 3.07. The smallest absolute Gasteiger partial charge is 0.329 e. The van der Waals surface area contributed by atoms with Crippen molar-refractivity contribution >= 4 is 11.9 Å². The topological polar surface area (TPSA) is 66.4 Å². The van der Waals surface area contributed by atoms with Crippen LogP contribution in [0.1, 0.15) is 57.8 Å². The van der Waals surface area contributed by atoms with Gasteiger partial charge in [-0.1, -0.05) is 32.1 Å². The van der Waals surface area contributed by atoms with Gasteiger partial charge < -0.3 is 10.4 Å². The molecule has 0 unspecified atom stereocenters. The number of hydrogen-bond acceptors (Lipinski definition) is 2. The molecule has 0 aromatic rings. The quantitative estimate of drug-likeness (QED) is 0.792. The van der Waals surface area contributed by atoms with Crippen LogP contribution in [0.3, 0.4) is 0 Å². The number of carbonyl (C=O) groups is 2. The van der Waals surface area contributed by atoms with Gasteiger partial charge in [0.25, 0.3) is 0 Å². The Morgan fingerprint density at radius 1 is 1.00 bits per heavy atom. The SMILES string of the molecule is O=C(NC1(C(=O)O)CCCC1)C1CCCCC1. The van der Waals surface area contributed by atoms with Crippen LogP contribution in [-0.2, 0) is 9.59 Å². The Bertz CT molecular complexity index is 302. The second-order valence-corrected chi connectivity index (χ2v) is 5.42. The molecule has 0 radical (unpaired) electrons. The van der Waals surface area contributed by atoms with Crippen LogP contribution in [-0.4, -0.2) is 22.5 Å². The maximum atomic E-state index is 12.1. The monoisotopic (exact) mass is 239 g/mol. The van der Waals surface area contributed by atoms with Crippen LogP contribution in [0.25, 0.3) is 0 Å². The van der Waals surface area contributed by atoms with Gasteiger partial charge in [-0.2, -0.15) is 0 Å². The highest BCUT2D eigenvalue weighted by molar-refractivity contribution is 5.88. The first kappa shape index (κ1) is 12.4. The summed E-state index contributed by atoms with van der Waals surface area (Å²) in [7, 11) is 0. The number of nitrogens with one attached hydrogen (secondary N) is 1. The van der Waals surface area contributed by atoms with E-state index in [4.69, 9.17) is 0 Å². The van der Waals surface area contributed by atoms with Gasteiger partial charge in [0.15, 0.2) is 0 Å². The summed E-state index contributed by atoms with van der Waals surface area (Å²) in [6.45, 7) is 0. The largest absolute Gasteiger partial charge is 0.480 e. The van der Waals surface area contributed by atoms with E-state index in [1.54, 1.807) is 0 Å². The molecule has 96 valence electrons. The lowest BCUT2D eigenvalue weighted by Gasteiger charge is -2.29. The first-order chi connectivity index (χ1) is 8.14. The normalized spacial score (nSPS) is 24.5. The van der Waals surface area contributed by atoms with Gasteiger partial charge in [0.1, 0.15) is 5.54 Å². The van der Waals surface area contributed by atoms with E-state index in [2.05, 4.69) is 5.32 Å². The Balaban J connectivity index is 1.98. The van der Waals surface area contributed by atoms with Crippen molar-refractivity contribution in [2.75, 3.05) is 0 Å². The molecule has 4 heteroatoms. The molecule has 0 aliphatic heterocycles. The molecule has 2 N–H and O–H groups in total. The van der Waals surface area contributed by atoms with E-state index in [0.717, 1.165) is 38.5 Å². The summed E-state index contributed by atoms with van der Waals surface area (Å²) in [6.07, 6.45) is 8.20. The lowest BCUT2D eigenvalue weighted by atomic mass is 9.87. The van der Waals surface area contributed by atoms with Crippen molar-refractivity contribution in [2.24, 2.45) is 5.92 Å². The number of carboxylic acids is 1. The molecule has 2 aliphatic rings. The van der Waals surface area contributed by atoms with E-state index >= 15 is 0 Å². The summed E-state index contributed by atoms with van der Waals surface area (Å²) >= 11 is 0. The lowest BCUT2D eigenvalue weighted by molar-refractivity contribution is -0.148. The third-order valence-electron chi connectivity index (χ3n) is 4.20. The minimum Gasteiger partial charge on any atom is -0.480 e. The Morgan fingerprint density at radius 2 is 1.59 bits per heavy atom. The standard InChI is InChI=1S/C13H21NO3/c15-11(10-6-2-1-3-7-10)14-13(12(16)17)8-4-5-9-13/h10H,1-9H2,(H,14,15)(H,16,17). The second-order valence-electron chi connectivity index (χ2n) is 5.42. The lowest BCUT2D eigenvalue weighted by Crippen LogP contribution is -2.54. The van der Waals surface area contributed by atoms with Crippen LogP contribution in [0.15, 0.2) is 0 Å². The number of hydrogen-bond donors (Lipinski definition) is 2. The summed E-state index contributed by atoms with van der Waals surface area (Å²) in [5.74, 6) is -0.853. The van der Waals surface area contributed by atoms with Gasteiger partial charge in [0.05, 0.1) is 0 Å². The summed E-state index contributed by atoms with van der Waals surface area (Å²) in [5, 5.41) is 12.1. The van der Waals surface area contributed by atoms with E-state index in [0.29, 0.717) is 12.8 Å². The van der Waals surface area contributed by atoms with E-state index in [1.807, 2.05) is 0 Å². The molecule has 2 fully saturated rings. The summed E-state index contributed by atoms with van der Waals surface area (Å²) in [6, 6.07) is 0. The zero-order valence-corrected chi connectivity index (χ0v) is 10.2. The Hall–Kier alpha value is -1.06. The Kier molecular flexibility index (Phi) is 3.69. The molecule has 0 atom stereocenters. The van der Waals surface area contributed by atoms with Gasteiger partial charge in [-0.05, 0) is 25.7 Å². The predicted octanol–water partition coefficient (Wildman–Crippen LogP) is 2.08. The van der Waals surface area contributed by atoms with Crippen LogP contribution in [0.4, 0.5) is 0 Å². The highest BCUT2D eigenvalue weighted by atomic mass is 16.4. The van der Waals surface area contributed by atoms with Gasteiger partial charge in [-0.3, -0.25) is 4.79 Å². The molecule has 2 rings (SSSR count). The fourth-order valence-corrected chi connectivity index (χ4v) is 3.07. The molecule has 0 saturated heterocycles. The van der Waals surface area contributed by atoms with Gasteiger partial charge >= 0.3 is 5.97 Å². The third kappa shape index (κ3) is 2.61. The minimum absolute atomic E-state index is 0.0333. The average molecular weight is 239 g/mol. The van der Waals surface area contributed by atoms with Crippen LogP contribution < -0.4 is 5.32 Å². The molecule has 0 aromatic carbocycles. The molecule has 0 heterocycles. The van der Waals surface area contributed by atoms with Crippen molar-refractivity contribution in [1.29, 1.82) is 0 Å². The molecule has 1 amide bonds. The number of amides is 1. The van der Waals surface area contributed by atoms with Crippen molar-refractivity contribution < 1.29 is 14.7 Å². The second kappa shape index (κ2) is 5.07. The van der Waals surface area contributed by atoms with Crippen molar-refractivity contribution in [3.63, 3.8) is 0 Å². The van der Waals surface area contributed by atoms with Crippen LogP contribution in [0.5, 0.6) is 0 Å².